The van der Waals surface area contributed by atoms with Crippen molar-refractivity contribution < 1.29 is 22.7 Å². The molecular weight excluding hydrogens is 528 g/mol. The molecular formula is C26H21Cl2F3N4O2. The molecule has 6 nitrogen and oxygen atoms in total. The van der Waals surface area contributed by atoms with E-state index in [4.69, 9.17) is 27.9 Å². The van der Waals surface area contributed by atoms with Gasteiger partial charge in [0.05, 0.1) is 29.4 Å². The van der Waals surface area contributed by atoms with E-state index < -0.39 is 25.1 Å². The van der Waals surface area contributed by atoms with Crippen LogP contribution in [0.5, 0.6) is 5.75 Å². The van der Waals surface area contributed by atoms with Crippen LogP contribution in [0.15, 0.2) is 60.8 Å². The number of aryl methyl sites for hydroxylation is 1. The molecule has 1 N–H and O–H groups in total. The van der Waals surface area contributed by atoms with Crippen LogP contribution in [0.2, 0.25) is 10.0 Å². The lowest BCUT2D eigenvalue weighted by atomic mass is 10.1. The Morgan fingerprint density at radius 3 is 2.41 bits per heavy atom. The largest absolute Gasteiger partial charge is 0.493 e. The maximum Gasteiger partial charge on any atom is 0.392 e. The van der Waals surface area contributed by atoms with Gasteiger partial charge in [-0.15, -0.1) is 0 Å². The van der Waals surface area contributed by atoms with Crippen molar-refractivity contribution >= 4 is 34.9 Å². The Bertz CT molecular complexity index is 1420. The van der Waals surface area contributed by atoms with E-state index in [2.05, 4.69) is 15.4 Å². The topological polar surface area (TPSA) is 69.0 Å². The highest BCUT2D eigenvalue weighted by Crippen LogP contribution is 2.34. The van der Waals surface area contributed by atoms with Crippen LogP contribution in [0.4, 0.5) is 19.0 Å². The number of halogens is 5. The number of nitrogens with zero attached hydrogens (tertiary/aromatic N) is 3. The standard InChI is InChI=1S/C26H21Cl2F3N4O2/c1-15-3-10-22(32-14-15)33-25(36)23-16(2)24(35(34-23)21-9-6-18(27)13-20(21)28)17-4-7-19(8-5-17)37-12-11-26(29,30)31/h3-10,13-14H,11-12H2,1-2H3,(H,32,33,36). The second-order valence-corrected chi connectivity index (χ2v) is 9.09. The maximum absolute atomic E-state index is 13.1. The Balaban J connectivity index is 1.71. The lowest BCUT2D eigenvalue weighted by molar-refractivity contribution is -0.139. The molecule has 2 aromatic carbocycles. The Hall–Kier alpha value is -3.56. The van der Waals surface area contributed by atoms with Gasteiger partial charge in [-0.1, -0.05) is 29.3 Å². The molecule has 0 bridgehead atoms. The summed E-state index contributed by atoms with van der Waals surface area (Å²) < 4.78 is 44.0. The number of pyridine rings is 1. The van der Waals surface area contributed by atoms with E-state index in [1.165, 1.54) is 4.68 Å². The second-order valence-electron chi connectivity index (χ2n) is 8.24. The van der Waals surface area contributed by atoms with Crippen molar-refractivity contribution in [3.8, 4) is 22.7 Å². The van der Waals surface area contributed by atoms with Crippen molar-refractivity contribution in [2.45, 2.75) is 26.4 Å². The van der Waals surface area contributed by atoms with Crippen LogP contribution in [0, 0.1) is 13.8 Å². The van der Waals surface area contributed by atoms with Gasteiger partial charge in [0, 0.05) is 22.3 Å². The van der Waals surface area contributed by atoms with Gasteiger partial charge in [0.25, 0.3) is 5.91 Å². The first kappa shape index (κ1) is 26.5. The number of nitrogens with one attached hydrogen (secondary N) is 1. The molecule has 0 saturated heterocycles. The van der Waals surface area contributed by atoms with Gasteiger partial charge in [-0.3, -0.25) is 4.79 Å². The van der Waals surface area contributed by atoms with Gasteiger partial charge in [0.1, 0.15) is 11.6 Å². The Kier molecular flexibility index (Phi) is 7.75. The number of benzene rings is 2. The van der Waals surface area contributed by atoms with Gasteiger partial charge in [0.2, 0.25) is 0 Å². The van der Waals surface area contributed by atoms with Crippen LogP contribution in [0.1, 0.15) is 28.0 Å². The minimum Gasteiger partial charge on any atom is -0.493 e. The number of hydrogen-bond donors (Lipinski definition) is 1. The molecule has 192 valence electrons. The molecule has 0 atom stereocenters. The van der Waals surface area contributed by atoms with E-state index in [9.17, 15) is 18.0 Å². The quantitative estimate of drug-likeness (QED) is 0.260. The first-order valence-electron chi connectivity index (χ1n) is 11.1. The Morgan fingerprint density at radius 1 is 1.05 bits per heavy atom. The summed E-state index contributed by atoms with van der Waals surface area (Å²) in [6.45, 7) is 3.14. The molecule has 1 amide bonds. The van der Waals surface area contributed by atoms with Crippen LogP contribution in [0.25, 0.3) is 16.9 Å². The van der Waals surface area contributed by atoms with Crippen molar-refractivity contribution in [2.75, 3.05) is 11.9 Å². The first-order chi connectivity index (χ1) is 17.5. The molecule has 37 heavy (non-hydrogen) atoms. The summed E-state index contributed by atoms with van der Waals surface area (Å²) in [5, 5.41) is 8.05. The van der Waals surface area contributed by atoms with Crippen molar-refractivity contribution in [3.63, 3.8) is 0 Å². The number of rotatable bonds is 7. The summed E-state index contributed by atoms with van der Waals surface area (Å²) in [5.74, 6) is 0.187. The predicted octanol–water partition coefficient (Wildman–Crippen LogP) is 7.44. The van der Waals surface area contributed by atoms with Crippen molar-refractivity contribution in [1.82, 2.24) is 14.8 Å². The molecule has 0 aliphatic rings. The second kappa shape index (κ2) is 10.8. The van der Waals surface area contributed by atoms with Gasteiger partial charge < -0.3 is 10.1 Å². The number of carbonyl (C=O) groups excluding carboxylic acids is 1. The minimum atomic E-state index is -4.30. The summed E-state index contributed by atoms with van der Waals surface area (Å²) in [7, 11) is 0. The zero-order chi connectivity index (χ0) is 26.7. The molecule has 0 aliphatic carbocycles. The molecule has 2 aromatic heterocycles. The maximum atomic E-state index is 13.1. The van der Waals surface area contributed by atoms with Crippen LogP contribution in [-0.2, 0) is 0 Å². The molecule has 0 saturated carbocycles. The van der Waals surface area contributed by atoms with Gasteiger partial charge >= 0.3 is 6.18 Å². The highest BCUT2D eigenvalue weighted by atomic mass is 35.5. The molecule has 0 aliphatic heterocycles. The van der Waals surface area contributed by atoms with E-state index in [0.717, 1.165) is 5.56 Å². The number of hydrogen-bond acceptors (Lipinski definition) is 4. The molecule has 0 spiro atoms. The lowest BCUT2D eigenvalue weighted by Crippen LogP contribution is -2.15. The van der Waals surface area contributed by atoms with E-state index in [-0.39, 0.29) is 11.4 Å². The summed E-state index contributed by atoms with van der Waals surface area (Å²) in [5.41, 5.74) is 3.35. The normalized spacial score (nSPS) is 11.4. The van der Waals surface area contributed by atoms with Gasteiger partial charge in [0.15, 0.2) is 5.69 Å². The fourth-order valence-corrected chi connectivity index (χ4v) is 4.08. The third kappa shape index (κ3) is 6.42. The van der Waals surface area contributed by atoms with E-state index in [0.29, 0.717) is 38.4 Å². The first-order valence-corrected chi connectivity index (χ1v) is 11.9. The number of anilines is 1. The van der Waals surface area contributed by atoms with E-state index in [1.807, 2.05) is 13.0 Å². The minimum absolute atomic E-state index is 0.147. The average Bonchev–Trinajstić information content (AvgIpc) is 3.17. The zero-order valence-corrected chi connectivity index (χ0v) is 21.2. The molecule has 0 radical (unpaired) electrons. The predicted molar refractivity (Wildman–Crippen MR) is 137 cm³/mol. The van der Waals surface area contributed by atoms with Gasteiger partial charge in [-0.2, -0.15) is 18.3 Å². The van der Waals surface area contributed by atoms with Crippen LogP contribution in [0.3, 0.4) is 0 Å². The lowest BCUT2D eigenvalue weighted by Gasteiger charge is -2.12. The Morgan fingerprint density at radius 2 is 1.78 bits per heavy atom. The molecule has 0 fully saturated rings. The van der Waals surface area contributed by atoms with Crippen LogP contribution >= 0.6 is 23.2 Å². The average molecular weight is 549 g/mol. The van der Waals surface area contributed by atoms with Gasteiger partial charge in [-0.05, 0) is 67.9 Å². The molecule has 2 heterocycles. The van der Waals surface area contributed by atoms with Crippen LogP contribution in [-0.4, -0.2) is 33.5 Å². The van der Waals surface area contributed by atoms with Gasteiger partial charge in [-0.25, -0.2) is 9.67 Å². The molecule has 0 unspecified atom stereocenters. The summed E-state index contributed by atoms with van der Waals surface area (Å²) in [6.07, 6.45) is -3.71. The molecule has 11 heteroatoms. The third-order valence-electron chi connectivity index (χ3n) is 5.41. The third-order valence-corrected chi connectivity index (χ3v) is 5.95. The summed E-state index contributed by atoms with van der Waals surface area (Å²) >= 11 is 12.5. The smallest absolute Gasteiger partial charge is 0.392 e. The van der Waals surface area contributed by atoms with Crippen molar-refractivity contribution in [2.24, 2.45) is 0 Å². The number of alkyl halides is 3. The van der Waals surface area contributed by atoms with Crippen molar-refractivity contribution in [3.05, 3.63) is 87.7 Å². The number of carbonyl (C=O) groups is 1. The molecule has 4 aromatic rings. The highest BCUT2D eigenvalue weighted by molar-refractivity contribution is 6.35. The Labute approximate surface area is 221 Å². The van der Waals surface area contributed by atoms with Crippen LogP contribution < -0.4 is 10.1 Å². The van der Waals surface area contributed by atoms with E-state index in [1.54, 1.807) is 61.7 Å². The number of amides is 1. The fourth-order valence-electron chi connectivity index (χ4n) is 3.59. The zero-order valence-electron chi connectivity index (χ0n) is 19.7. The number of aromatic nitrogens is 3. The highest BCUT2D eigenvalue weighted by Gasteiger charge is 2.27. The fraction of sp³-hybridized carbons (Fsp3) is 0.192. The summed E-state index contributed by atoms with van der Waals surface area (Å²) in [4.78, 5) is 17.4. The SMILES string of the molecule is Cc1ccc(NC(=O)c2nn(-c3ccc(Cl)cc3Cl)c(-c3ccc(OCCC(F)(F)F)cc3)c2C)nc1. The summed E-state index contributed by atoms with van der Waals surface area (Å²) in [6, 6.07) is 14.9. The molecule has 4 rings (SSSR count). The van der Waals surface area contributed by atoms with Crippen molar-refractivity contribution in [1.29, 1.82) is 0 Å². The monoisotopic (exact) mass is 548 g/mol. The van der Waals surface area contributed by atoms with E-state index >= 15 is 0 Å². The number of ether oxygens (including phenoxy) is 1.